The fourth-order valence-electron chi connectivity index (χ4n) is 2.13. The van der Waals surface area contributed by atoms with Gasteiger partial charge >= 0.3 is 5.97 Å². The molecule has 0 aromatic heterocycles. The molecule has 0 spiro atoms. The third kappa shape index (κ3) is 7.66. The summed E-state index contributed by atoms with van der Waals surface area (Å²) in [5.41, 5.74) is 0.820. The Labute approximate surface area is 169 Å². The fourth-order valence-corrected chi connectivity index (χ4v) is 2.76. The van der Waals surface area contributed by atoms with Crippen molar-refractivity contribution in [3.8, 4) is 0 Å². The van der Waals surface area contributed by atoms with E-state index in [4.69, 9.17) is 16.3 Å². The van der Waals surface area contributed by atoms with Crippen LogP contribution in [0.5, 0.6) is 0 Å². The van der Waals surface area contributed by atoms with E-state index in [9.17, 15) is 23.2 Å². The quantitative estimate of drug-likeness (QED) is 0.353. The fraction of sp³-hybridized carbons (Fsp3) is 0.211. The maximum Gasteiger partial charge on any atom is 0.306 e. The Hall–Kier alpha value is -2.45. The molecule has 0 radical (unpaired) electrons. The van der Waals surface area contributed by atoms with E-state index in [1.807, 2.05) is 0 Å². The van der Waals surface area contributed by atoms with E-state index in [0.29, 0.717) is 32.9 Å². The normalized spacial score (nSPS) is 10.6. The summed E-state index contributed by atoms with van der Waals surface area (Å²) in [5, 5.41) is 2.99. The van der Waals surface area contributed by atoms with Crippen molar-refractivity contribution in [2.45, 2.75) is 23.5 Å². The Morgan fingerprint density at radius 2 is 1.64 bits per heavy atom. The maximum absolute atomic E-state index is 12.3. The Bertz CT molecular complexity index is 829. The molecule has 28 heavy (non-hydrogen) atoms. The zero-order valence-corrected chi connectivity index (χ0v) is 16.1. The van der Waals surface area contributed by atoms with Crippen molar-refractivity contribution in [1.29, 1.82) is 0 Å². The lowest BCUT2D eigenvalue weighted by Gasteiger charge is -2.07. The molecule has 1 N–H and O–H groups in total. The summed E-state index contributed by atoms with van der Waals surface area (Å²) in [6.45, 7) is -0.512. The molecule has 0 fully saturated rings. The van der Waals surface area contributed by atoms with Crippen molar-refractivity contribution in [3.05, 3.63) is 59.1 Å². The molecule has 0 saturated heterocycles. The molecule has 0 bridgehead atoms. The number of thioether (sulfide) groups is 1. The van der Waals surface area contributed by atoms with E-state index >= 15 is 0 Å². The summed E-state index contributed by atoms with van der Waals surface area (Å²) in [6.07, 6.45) is -0.209. The lowest BCUT2D eigenvalue weighted by Crippen LogP contribution is -2.21. The molecule has 148 valence electrons. The van der Waals surface area contributed by atoms with Crippen LogP contribution in [0.25, 0.3) is 0 Å². The van der Waals surface area contributed by atoms with Crippen LogP contribution >= 0.6 is 23.4 Å². The Balaban J connectivity index is 1.71. The maximum atomic E-state index is 12.3. The highest BCUT2D eigenvalue weighted by Crippen LogP contribution is 2.26. The number of anilines is 1. The molecule has 1 amide bonds. The zero-order chi connectivity index (χ0) is 20.5. The number of benzene rings is 2. The number of ketones is 1. The van der Waals surface area contributed by atoms with Crippen molar-refractivity contribution in [2.75, 3.05) is 11.9 Å². The summed E-state index contributed by atoms with van der Waals surface area (Å²) in [4.78, 5) is 35.8. The molecule has 0 aliphatic heterocycles. The third-order valence-electron chi connectivity index (χ3n) is 3.45. The molecule has 2 aromatic carbocycles. The summed E-state index contributed by atoms with van der Waals surface area (Å²) in [6, 6.07) is 12.1. The van der Waals surface area contributed by atoms with Gasteiger partial charge < -0.3 is 10.1 Å². The number of ether oxygens (including phenoxy) is 1. The summed E-state index contributed by atoms with van der Waals surface area (Å²) < 4.78 is 29.3. The van der Waals surface area contributed by atoms with Crippen molar-refractivity contribution >= 4 is 46.7 Å². The van der Waals surface area contributed by atoms with E-state index in [-0.39, 0.29) is 18.6 Å². The molecule has 9 heteroatoms. The largest absolute Gasteiger partial charge is 0.456 e. The van der Waals surface area contributed by atoms with Gasteiger partial charge in [-0.05, 0) is 48.5 Å². The summed E-state index contributed by atoms with van der Waals surface area (Å²) >= 11 is 6.14. The molecule has 0 unspecified atom stereocenters. The first kappa shape index (κ1) is 21.8. The van der Waals surface area contributed by atoms with Crippen molar-refractivity contribution in [1.82, 2.24) is 0 Å². The minimum atomic E-state index is -2.52. The third-order valence-corrected chi connectivity index (χ3v) is 4.42. The number of halogens is 3. The van der Waals surface area contributed by atoms with Crippen LogP contribution in [0.3, 0.4) is 0 Å². The van der Waals surface area contributed by atoms with Crippen molar-refractivity contribution < 1.29 is 27.9 Å². The number of Topliss-reactive ketones (excluding diaryl/α,β-unsaturated/α-hetero) is 1. The second-order valence-corrected chi connectivity index (χ2v) is 7.04. The average molecular weight is 428 g/mol. The highest BCUT2D eigenvalue weighted by Gasteiger charge is 2.12. The van der Waals surface area contributed by atoms with Crippen LogP contribution in [0.1, 0.15) is 23.2 Å². The number of alkyl halides is 2. The lowest BCUT2D eigenvalue weighted by molar-refractivity contribution is -0.147. The first-order valence-corrected chi connectivity index (χ1v) is 9.38. The molecular weight excluding hydrogens is 412 g/mol. The number of hydrogen-bond acceptors (Lipinski definition) is 5. The predicted molar refractivity (Wildman–Crippen MR) is 103 cm³/mol. The van der Waals surface area contributed by atoms with Crippen molar-refractivity contribution in [2.24, 2.45) is 0 Å². The molecule has 0 aliphatic rings. The molecule has 2 rings (SSSR count). The van der Waals surface area contributed by atoms with Gasteiger partial charge in [0.25, 0.3) is 11.7 Å². The first-order chi connectivity index (χ1) is 13.3. The van der Waals surface area contributed by atoms with E-state index in [0.717, 1.165) is 0 Å². The SMILES string of the molecule is O=C(COC(=O)CCC(=O)c1ccc(Cl)cc1)Nc1ccc(SC(F)F)cc1. The van der Waals surface area contributed by atoms with Gasteiger partial charge in [0, 0.05) is 27.6 Å². The van der Waals surface area contributed by atoms with Gasteiger partial charge in [0.2, 0.25) is 0 Å². The highest BCUT2D eigenvalue weighted by molar-refractivity contribution is 7.99. The predicted octanol–water partition coefficient (Wildman–Crippen LogP) is 4.80. The number of esters is 1. The van der Waals surface area contributed by atoms with Gasteiger partial charge in [-0.25, -0.2) is 0 Å². The Morgan fingerprint density at radius 1 is 1.00 bits per heavy atom. The second kappa shape index (κ2) is 10.8. The number of carbonyl (C=O) groups excluding carboxylic acids is 3. The molecule has 0 heterocycles. The molecular formula is C19H16ClF2NO4S. The number of hydrogen-bond donors (Lipinski definition) is 1. The topological polar surface area (TPSA) is 72.5 Å². The van der Waals surface area contributed by atoms with Gasteiger partial charge in [-0.1, -0.05) is 23.4 Å². The van der Waals surface area contributed by atoms with Crippen LogP contribution in [-0.4, -0.2) is 30.0 Å². The molecule has 0 atom stereocenters. The van der Waals surface area contributed by atoms with E-state index < -0.39 is 24.2 Å². The number of rotatable bonds is 9. The zero-order valence-electron chi connectivity index (χ0n) is 14.5. The Kier molecular flexibility index (Phi) is 8.41. The van der Waals surface area contributed by atoms with Gasteiger partial charge in [-0.3, -0.25) is 14.4 Å². The number of nitrogens with one attached hydrogen (secondary N) is 1. The molecule has 2 aromatic rings. The van der Waals surface area contributed by atoms with Crippen LogP contribution < -0.4 is 5.32 Å². The van der Waals surface area contributed by atoms with Gasteiger partial charge in [-0.15, -0.1) is 0 Å². The van der Waals surface area contributed by atoms with E-state index in [1.54, 1.807) is 24.3 Å². The highest BCUT2D eigenvalue weighted by atomic mass is 35.5. The standard InChI is InChI=1S/C19H16ClF2NO4S/c20-13-3-1-12(2-4-13)16(24)9-10-18(26)27-11-17(25)23-14-5-7-15(8-6-14)28-19(21)22/h1-8,19H,9-11H2,(H,23,25). The van der Waals surface area contributed by atoms with Gasteiger partial charge in [-0.2, -0.15) is 8.78 Å². The first-order valence-electron chi connectivity index (χ1n) is 8.12. The van der Waals surface area contributed by atoms with Crippen LogP contribution in [0.2, 0.25) is 5.02 Å². The van der Waals surface area contributed by atoms with E-state index in [1.165, 1.54) is 24.3 Å². The number of amides is 1. The smallest absolute Gasteiger partial charge is 0.306 e. The van der Waals surface area contributed by atoms with Gasteiger partial charge in [0.1, 0.15) is 0 Å². The minimum Gasteiger partial charge on any atom is -0.456 e. The Morgan fingerprint density at radius 3 is 2.25 bits per heavy atom. The molecule has 5 nitrogen and oxygen atoms in total. The van der Waals surface area contributed by atoms with Crippen LogP contribution in [-0.2, 0) is 14.3 Å². The van der Waals surface area contributed by atoms with Gasteiger partial charge in [0.15, 0.2) is 12.4 Å². The monoisotopic (exact) mass is 427 g/mol. The summed E-state index contributed by atoms with van der Waals surface area (Å²) in [5.74, 6) is -4.01. The van der Waals surface area contributed by atoms with Crippen LogP contribution in [0.4, 0.5) is 14.5 Å². The van der Waals surface area contributed by atoms with E-state index in [2.05, 4.69) is 5.32 Å². The van der Waals surface area contributed by atoms with Crippen LogP contribution in [0.15, 0.2) is 53.4 Å². The van der Waals surface area contributed by atoms with Crippen LogP contribution in [0, 0.1) is 0 Å². The molecule has 0 aliphatic carbocycles. The number of carbonyl (C=O) groups is 3. The second-order valence-electron chi connectivity index (χ2n) is 5.54. The van der Waals surface area contributed by atoms with Crippen molar-refractivity contribution in [3.63, 3.8) is 0 Å². The summed E-state index contributed by atoms with van der Waals surface area (Å²) in [7, 11) is 0. The average Bonchev–Trinajstić information content (AvgIpc) is 2.66. The minimum absolute atomic E-state index is 0.0502. The lowest BCUT2D eigenvalue weighted by atomic mass is 10.1. The van der Waals surface area contributed by atoms with Gasteiger partial charge in [0.05, 0.1) is 6.42 Å². The molecule has 0 saturated carbocycles.